The minimum atomic E-state index is -0.481. The molecule has 4 rings (SSSR count). The molecule has 0 fully saturated rings. The number of amides is 2. The lowest BCUT2D eigenvalue weighted by molar-refractivity contribution is -0.113. The van der Waals surface area contributed by atoms with Crippen molar-refractivity contribution < 1.29 is 23.8 Å². The van der Waals surface area contributed by atoms with Gasteiger partial charge in [0, 0.05) is 16.8 Å². The van der Waals surface area contributed by atoms with Crippen LogP contribution in [0.3, 0.4) is 0 Å². The molecule has 0 unspecified atom stereocenters. The summed E-state index contributed by atoms with van der Waals surface area (Å²) in [6, 6.07) is 25.5. The van der Waals surface area contributed by atoms with E-state index in [0.717, 1.165) is 10.8 Å². The average Bonchev–Trinajstić information content (AvgIpc) is 2.92. The van der Waals surface area contributed by atoms with E-state index in [-0.39, 0.29) is 5.70 Å². The van der Waals surface area contributed by atoms with E-state index >= 15 is 0 Å². The maximum absolute atomic E-state index is 13.4. The lowest BCUT2D eigenvalue weighted by atomic mass is 10.1. The summed E-state index contributed by atoms with van der Waals surface area (Å²) in [6.07, 6.45) is 1.58. The first-order chi connectivity index (χ1) is 17.5. The summed E-state index contributed by atoms with van der Waals surface area (Å²) >= 11 is 0. The van der Waals surface area contributed by atoms with Crippen LogP contribution in [0.1, 0.15) is 15.9 Å². The highest BCUT2D eigenvalue weighted by Crippen LogP contribution is 2.28. The van der Waals surface area contributed by atoms with Gasteiger partial charge in [-0.3, -0.25) is 9.59 Å². The number of rotatable bonds is 8. The van der Waals surface area contributed by atoms with Crippen molar-refractivity contribution in [3.8, 4) is 17.2 Å². The van der Waals surface area contributed by atoms with Crippen molar-refractivity contribution in [2.45, 2.75) is 0 Å². The highest BCUT2D eigenvalue weighted by molar-refractivity contribution is 6.11. The number of hydrogen-bond acceptors (Lipinski definition) is 5. The maximum Gasteiger partial charge on any atom is 0.272 e. The number of methoxy groups -OCH3 is 3. The van der Waals surface area contributed by atoms with Gasteiger partial charge >= 0.3 is 0 Å². The van der Waals surface area contributed by atoms with Crippen LogP contribution in [0.4, 0.5) is 5.69 Å². The monoisotopic (exact) mass is 482 g/mol. The molecule has 0 aliphatic carbocycles. The largest absolute Gasteiger partial charge is 0.496 e. The molecule has 4 aromatic carbocycles. The molecule has 4 aromatic rings. The van der Waals surface area contributed by atoms with E-state index in [2.05, 4.69) is 10.6 Å². The first-order valence-corrected chi connectivity index (χ1v) is 11.2. The molecule has 0 bridgehead atoms. The van der Waals surface area contributed by atoms with Gasteiger partial charge in [0.15, 0.2) is 11.5 Å². The Labute approximate surface area is 209 Å². The molecule has 0 saturated carbocycles. The molecule has 7 heteroatoms. The van der Waals surface area contributed by atoms with Gasteiger partial charge in [-0.05, 0) is 53.2 Å². The molecule has 0 aromatic heterocycles. The second-order valence-corrected chi connectivity index (χ2v) is 7.84. The lowest BCUT2D eigenvalue weighted by Crippen LogP contribution is -2.30. The van der Waals surface area contributed by atoms with Gasteiger partial charge in [-0.1, -0.05) is 48.5 Å². The number of fused-ring (bicyclic) bond motifs is 1. The highest BCUT2D eigenvalue weighted by Gasteiger charge is 2.18. The van der Waals surface area contributed by atoms with Crippen LogP contribution >= 0.6 is 0 Å². The van der Waals surface area contributed by atoms with Crippen LogP contribution in [0.5, 0.6) is 17.2 Å². The molecular formula is C29H26N2O5. The van der Waals surface area contributed by atoms with Crippen LogP contribution < -0.4 is 24.8 Å². The maximum atomic E-state index is 13.4. The van der Waals surface area contributed by atoms with Gasteiger partial charge < -0.3 is 24.8 Å². The third-order valence-electron chi connectivity index (χ3n) is 5.58. The summed E-state index contributed by atoms with van der Waals surface area (Å²) in [5, 5.41) is 7.66. The van der Waals surface area contributed by atoms with E-state index in [1.165, 1.54) is 14.2 Å². The van der Waals surface area contributed by atoms with Crippen molar-refractivity contribution in [2.75, 3.05) is 26.6 Å². The van der Waals surface area contributed by atoms with Crippen molar-refractivity contribution in [1.82, 2.24) is 5.32 Å². The fraction of sp³-hybridized carbons (Fsp3) is 0.103. The van der Waals surface area contributed by atoms with Gasteiger partial charge in [0.1, 0.15) is 11.4 Å². The third-order valence-corrected chi connectivity index (χ3v) is 5.58. The number of ether oxygens (including phenoxy) is 3. The molecule has 0 aliphatic rings. The van der Waals surface area contributed by atoms with Crippen LogP contribution in [-0.4, -0.2) is 33.1 Å². The number of para-hydroxylation sites is 1. The Kier molecular flexibility index (Phi) is 7.51. The second kappa shape index (κ2) is 11.1. The summed E-state index contributed by atoms with van der Waals surface area (Å²) in [6.45, 7) is 0. The van der Waals surface area contributed by atoms with E-state index in [0.29, 0.717) is 34.1 Å². The zero-order valence-electron chi connectivity index (χ0n) is 20.2. The topological polar surface area (TPSA) is 85.9 Å². The number of hydrogen-bond donors (Lipinski definition) is 2. The Hall–Kier alpha value is -4.78. The molecular weight excluding hydrogens is 456 g/mol. The van der Waals surface area contributed by atoms with E-state index in [1.807, 2.05) is 54.6 Å². The normalized spacial score (nSPS) is 11.0. The Bertz CT molecular complexity index is 1440. The molecule has 182 valence electrons. The number of benzene rings is 4. The minimum absolute atomic E-state index is 0.0486. The predicted octanol–water partition coefficient (Wildman–Crippen LogP) is 5.28. The predicted molar refractivity (Wildman–Crippen MR) is 141 cm³/mol. The van der Waals surface area contributed by atoms with E-state index in [9.17, 15) is 9.59 Å². The Morgan fingerprint density at radius 1 is 0.694 bits per heavy atom. The summed E-state index contributed by atoms with van der Waals surface area (Å²) < 4.78 is 16.0. The molecule has 36 heavy (non-hydrogen) atoms. The SMILES string of the molecule is COc1ccccc1/C=C(\NC(=O)c1ccc(OC)c(OC)c1)C(=O)Nc1ccc2ccccc2c1. The third kappa shape index (κ3) is 5.47. The number of nitrogens with one attached hydrogen (secondary N) is 2. The Morgan fingerprint density at radius 2 is 1.39 bits per heavy atom. The zero-order chi connectivity index (χ0) is 25.5. The first-order valence-electron chi connectivity index (χ1n) is 11.2. The molecule has 0 aliphatic heterocycles. The van der Waals surface area contributed by atoms with E-state index in [1.54, 1.807) is 43.5 Å². The summed E-state index contributed by atoms with van der Waals surface area (Å²) in [5.74, 6) is 0.499. The van der Waals surface area contributed by atoms with Crippen LogP contribution in [0, 0.1) is 0 Å². The molecule has 0 saturated heterocycles. The Balaban J connectivity index is 1.67. The van der Waals surface area contributed by atoms with Crippen LogP contribution in [0.2, 0.25) is 0 Å². The van der Waals surface area contributed by atoms with Gasteiger partial charge in [-0.25, -0.2) is 0 Å². The van der Waals surface area contributed by atoms with Crippen molar-refractivity contribution in [3.63, 3.8) is 0 Å². The second-order valence-electron chi connectivity index (χ2n) is 7.84. The molecule has 0 radical (unpaired) electrons. The average molecular weight is 483 g/mol. The summed E-state index contributed by atoms with van der Waals surface area (Å²) in [7, 11) is 4.55. The van der Waals surface area contributed by atoms with E-state index in [4.69, 9.17) is 14.2 Å². The number of anilines is 1. The molecule has 2 amide bonds. The summed E-state index contributed by atoms with van der Waals surface area (Å²) in [5.41, 5.74) is 1.59. The summed E-state index contributed by atoms with van der Waals surface area (Å²) in [4.78, 5) is 26.5. The van der Waals surface area contributed by atoms with Gasteiger partial charge in [0.25, 0.3) is 11.8 Å². The quantitative estimate of drug-likeness (QED) is 0.334. The smallest absolute Gasteiger partial charge is 0.272 e. The molecule has 0 heterocycles. The fourth-order valence-electron chi connectivity index (χ4n) is 3.74. The molecule has 7 nitrogen and oxygen atoms in total. The van der Waals surface area contributed by atoms with Crippen LogP contribution in [0.15, 0.2) is 90.6 Å². The van der Waals surface area contributed by atoms with Crippen LogP contribution in [0.25, 0.3) is 16.8 Å². The lowest BCUT2D eigenvalue weighted by Gasteiger charge is -2.14. The highest BCUT2D eigenvalue weighted by atomic mass is 16.5. The number of carbonyl (C=O) groups excluding carboxylic acids is 2. The van der Waals surface area contributed by atoms with Gasteiger partial charge in [0.05, 0.1) is 21.3 Å². The molecule has 0 atom stereocenters. The van der Waals surface area contributed by atoms with Crippen molar-refractivity contribution in [2.24, 2.45) is 0 Å². The van der Waals surface area contributed by atoms with Crippen molar-refractivity contribution in [3.05, 3.63) is 102 Å². The van der Waals surface area contributed by atoms with E-state index < -0.39 is 11.8 Å². The van der Waals surface area contributed by atoms with Gasteiger partial charge in [0.2, 0.25) is 0 Å². The first kappa shape index (κ1) is 24.3. The minimum Gasteiger partial charge on any atom is -0.496 e. The number of carbonyl (C=O) groups is 2. The van der Waals surface area contributed by atoms with Crippen molar-refractivity contribution in [1.29, 1.82) is 0 Å². The van der Waals surface area contributed by atoms with Crippen molar-refractivity contribution >= 4 is 34.4 Å². The standard InChI is InChI=1S/C29H26N2O5/c1-34-25-11-7-6-10-21(25)17-24(31-28(32)22-13-15-26(35-2)27(18-22)36-3)29(33)30-23-14-12-19-8-4-5-9-20(19)16-23/h4-18H,1-3H3,(H,30,33)(H,31,32)/b24-17-. The van der Waals surface area contributed by atoms with Crippen LogP contribution in [-0.2, 0) is 4.79 Å². The van der Waals surface area contributed by atoms with Gasteiger partial charge in [-0.15, -0.1) is 0 Å². The molecule has 0 spiro atoms. The van der Waals surface area contributed by atoms with Gasteiger partial charge in [-0.2, -0.15) is 0 Å². The Morgan fingerprint density at radius 3 is 2.14 bits per heavy atom. The fourth-order valence-corrected chi connectivity index (χ4v) is 3.74. The molecule has 2 N–H and O–H groups in total. The zero-order valence-corrected chi connectivity index (χ0v) is 20.2.